The Morgan fingerprint density at radius 1 is 1.24 bits per heavy atom. The van der Waals surface area contributed by atoms with Gasteiger partial charge in [-0.05, 0) is 65.7 Å². The quantitative estimate of drug-likeness (QED) is 0.592. The molecular formula is C15H17IO. The van der Waals surface area contributed by atoms with Crippen LogP contribution >= 0.6 is 22.6 Å². The second-order valence-corrected chi connectivity index (χ2v) is 6.70. The molecule has 0 spiro atoms. The van der Waals surface area contributed by atoms with Crippen molar-refractivity contribution in [2.75, 3.05) is 0 Å². The molecule has 17 heavy (non-hydrogen) atoms. The van der Waals surface area contributed by atoms with Crippen LogP contribution in [0.5, 0.6) is 0 Å². The molecule has 2 aliphatic carbocycles. The Kier molecular flexibility index (Phi) is 3.24. The van der Waals surface area contributed by atoms with Crippen molar-refractivity contribution >= 4 is 28.4 Å². The van der Waals surface area contributed by atoms with Gasteiger partial charge in [0.2, 0.25) is 0 Å². The van der Waals surface area contributed by atoms with Crippen LogP contribution in [0.2, 0.25) is 0 Å². The third-order valence-corrected chi connectivity index (χ3v) is 5.45. The zero-order valence-corrected chi connectivity index (χ0v) is 12.0. The van der Waals surface area contributed by atoms with Gasteiger partial charge in [-0.2, -0.15) is 0 Å². The number of ketones is 1. The van der Waals surface area contributed by atoms with E-state index in [2.05, 4.69) is 22.6 Å². The van der Waals surface area contributed by atoms with Crippen LogP contribution in [0.15, 0.2) is 24.3 Å². The van der Waals surface area contributed by atoms with E-state index < -0.39 is 0 Å². The smallest absolute Gasteiger partial charge is 0.164 e. The summed E-state index contributed by atoms with van der Waals surface area (Å²) in [5, 5.41) is 0. The molecule has 0 heterocycles. The SMILES string of the molecule is O=C(CC1CC2CCC1C2)c1ccccc1I. The van der Waals surface area contributed by atoms with E-state index in [-0.39, 0.29) is 0 Å². The molecule has 1 aromatic carbocycles. The third kappa shape index (κ3) is 2.28. The first-order valence-electron chi connectivity index (χ1n) is 6.52. The maximum absolute atomic E-state index is 12.3. The van der Waals surface area contributed by atoms with E-state index in [9.17, 15) is 4.79 Å². The number of carbonyl (C=O) groups is 1. The van der Waals surface area contributed by atoms with Crippen LogP contribution in [0, 0.1) is 21.3 Å². The largest absolute Gasteiger partial charge is 0.294 e. The summed E-state index contributed by atoms with van der Waals surface area (Å²) in [6.45, 7) is 0. The van der Waals surface area contributed by atoms with E-state index >= 15 is 0 Å². The van der Waals surface area contributed by atoms with Crippen LogP contribution in [-0.2, 0) is 0 Å². The van der Waals surface area contributed by atoms with Crippen molar-refractivity contribution in [2.24, 2.45) is 17.8 Å². The summed E-state index contributed by atoms with van der Waals surface area (Å²) < 4.78 is 1.10. The maximum Gasteiger partial charge on any atom is 0.164 e. The molecule has 0 aliphatic heterocycles. The number of benzene rings is 1. The highest BCUT2D eigenvalue weighted by atomic mass is 127. The Labute approximate surface area is 116 Å². The lowest BCUT2D eigenvalue weighted by atomic mass is 9.84. The molecule has 0 N–H and O–H groups in total. The summed E-state index contributed by atoms with van der Waals surface area (Å²) in [7, 11) is 0. The lowest BCUT2D eigenvalue weighted by Gasteiger charge is -2.20. The minimum Gasteiger partial charge on any atom is -0.294 e. The molecule has 2 heteroatoms. The molecule has 2 fully saturated rings. The van der Waals surface area contributed by atoms with E-state index in [0.29, 0.717) is 11.7 Å². The first kappa shape index (κ1) is 11.7. The predicted octanol–water partition coefficient (Wildman–Crippen LogP) is 4.30. The maximum atomic E-state index is 12.3. The summed E-state index contributed by atoms with van der Waals surface area (Å²) >= 11 is 2.26. The van der Waals surface area contributed by atoms with Gasteiger partial charge in [-0.3, -0.25) is 4.79 Å². The Bertz CT molecular complexity index is 440. The van der Waals surface area contributed by atoms with Crippen LogP contribution in [0.3, 0.4) is 0 Å². The molecule has 3 unspecified atom stereocenters. The number of Topliss-reactive ketones (excluding diaryl/α,β-unsaturated/α-hetero) is 1. The summed E-state index contributed by atoms with van der Waals surface area (Å²) in [5.74, 6) is 2.82. The topological polar surface area (TPSA) is 17.1 Å². The Morgan fingerprint density at radius 2 is 2.06 bits per heavy atom. The van der Waals surface area contributed by atoms with E-state index in [4.69, 9.17) is 0 Å². The number of halogens is 1. The Balaban J connectivity index is 1.70. The summed E-state index contributed by atoms with van der Waals surface area (Å²) in [5.41, 5.74) is 0.927. The highest BCUT2D eigenvalue weighted by molar-refractivity contribution is 14.1. The van der Waals surface area contributed by atoms with Crippen LogP contribution in [0.4, 0.5) is 0 Å². The molecule has 2 aliphatic rings. The molecule has 0 saturated heterocycles. The van der Waals surface area contributed by atoms with Crippen molar-refractivity contribution in [3.8, 4) is 0 Å². The standard InChI is InChI=1S/C15H17IO/c16-14-4-2-1-3-13(14)15(17)9-12-8-10-5-6-11(12)7-10/h1-4,10-12H,5-9H2. The monoisotopic (exact) mass is 340 g/mol. The van der Waals surface area contributed by atoms with Crippen LogP contribution in [0.1, 0.15) is 42.5 Å². The molecule has 3 rings (SSSR count). The minimum absolute atomic E-state index is 0.354. The summed E-state index contributed by atoms with van der Waals surface area (Å²) in [4.78, 5) is 12.3. The lowest BCUT2D eigenvalue weighted by molar-refractivity contribution is 0.0943. The summed E-state index contributed by atoms with van der Waals surface area (Å²) in [6, 6.07) is 7.96. The molecule has 1 nitrogen and oxygen atoms in total. The zero-order valence-electron chi connectivity index (χ0n) is 9.86. The first-order valence-corrected chi connectivity index (χ1v) is 7.59. The highest BCUT2D eigenvalue weighted by Crippen LogP contribution is 2.49. The fourth-order valence-corrected chi connectivity index (χ4v) is 4.35. The number of fused-ring (bicyclic) bond motifs is 2. The second-order valence-electron chi connectivity index (χ2n) is 5.54. The molecule has 3 atom stereocenters. The van der Waals surface area contributed by atoms with Gasteiger partial charge in [0.1, 0.15) is 0 Å². The van der Waals surface area contributed by atoms with Crippen molar-refractivity contribution in [1.82, 2.24) is 0 Å². The lowest BCUT2D eigenvalue weighted by Crippen LogP contribution is -2.15. The normalized spacial score (nSPS) is 30.8. The number of hydrogen-bond donors (Lipinski definition) is 0. The van der Waals surface area contributed by atoms with Gasteiger partial charge in [0.15, 0.2) is 5.78 Å². The van der Waals surface area contributed by atoms with Crippen molar-refractivity contribution in [2.45, 2.75) is 32.1 Å². The van der Waals surface area contributed by atoms with Gasteiger partial charge < -0.3 is 0 Å². The fraction of sp³-hybridized carbons (Fsp3) is 0.533. The van der Waals surface area contributed by atoms with Gasteiger partial charge >= 0.3 is 0 Å². The molecule has 90 valence electrons. The Morgan fingerprint density at radius 3 is 2.71 bits per heavy atom. The second kappa shape index (κ2) is 4.71. The van der Waals surface area contributed by atoms with Gasteiger partial charge in [0, 0.05) is 15.6 Å². The van der Waals surface area contributed by atoms with Crippen molar-refractivity contribution < 1.29 is 4.79 Å². The average molecular weight is 340 g/mol. The van der Waals surface area contributed by atoms with Crippen molar-refractivity contribution in [1.29, 1.82) is 0 Å². The van der Waals surface area contributed by atoms with Gasteiger partial charge in [-0.15, -0.1) is 0 Å². The molecule has 0 aromatic heterocycles. The number of rotatable bonds is 3. The van der Waals surface area contributed by atoms with Gasteiger partial charge in [-0.1, -0.05) is 24.6 Å². The van der Waals surface area contributed by atoms with Gasteiger partial charge in [-0.25, -0.2) is 0 Å². The molecule has 1 aromatic rings. The van der Waals surface area contributed by atoms with E-state index in [0.717, 1.165) is 27.4 Å². The highest BCUT2D eigenvalue weighted by Gasteiger charge is 2.40. The zero-order chi connectivity index (χ0) is 11.8. The Hall–Kier alpha value is -0.380. The van der Waals surface area contributed by atoms with Crippen LogP contribution < -0.4 is 0 Å². The van der Waals surface area contributed by atoms with Crippen molar-refractivity contribution in [3.63, 3.8) is 0 Å². The molecule has 0 amide bonds. The van der Waals surface area contributed by atoms with Gasteiger partial charge in [0.25, 0.3) is 0 Å². The molecule has 2 bridgehead atoms. The first-order chi connectivity index (χ1) is 8.24. The minimum atomic E-state index is 0.354. The van der Waals surface area contributed by atoms with Crippen molar-refractivity contribution in [3.05, 3.63) is 33.4 Å². The third-order valence-electron chi connectivity index (χ3n) is 4.51. The molecule has 0 radical (unpaired) electrons. The predicted molar refractivity (Wildman–Crippen MR) is 77.0 cm³/mol. The molecular weight excluding hydrogens is 323 g/mol. The number of carbonyl (C=O) groups excluding carboxylic acids is 1. The van der Waals surface area contributed by atoms with Crippen LogP contribution in [-0.4, -0.2) is 5.78 Å². The molecule has 2 saturated carbocycles. The van der Waals surface area contributed by atoms with E-state index in [1.54, 1.807) is 0 Å². The van der Waals surface area contributed by atoms with E-state index in [1.807, 2.05) is 24.3 Å². The fourth-order valence-electron chi connectivity index (χ4n) is 3.66. The summed E-state index contributed by atoms with van der Waals surface area (Å²) in [6.07, 6.45) is 6.26. The van der Waals surface area contributed by atoms with Crippen LogP contribution in [0.25, 0.3) is 0 Å². The average Bonchev–Trinajstić information content (AvgIpc) is 2.91. The van der Waals surface area contributed by atoms with E-state index in [1.165, 1.54) is 25.7 Å². The van der Waals surface area contributed by atoms with Gasteiger partial charge in [0.05, 0.1) is 0 Å². The number of hydrogen-bond acceptors (Lipinski definition) is 1.